The first kappa shape index (κ1) is 18.6. The highest BCUT2D eigenvalue weighted by molar-refractivity contribution is 6.30. The summed E-state index contributed by atoms with van der Waals surface area (Å²) in [7, 11) is 0. The minimum absolute atomic E-state index is 0.0769. The summed E-state index contributed by atoms with van der Waals surface area (Å²) in [5.74, 6) is 1.28. The SMILES string of the molecule is CCNc1nn(-c2nc(C)cc(C)n2)c2c1C(=O)C[C@@H](c1ccc(Cl)cc1)C2. The summed E-state index contributed by atoms with van der Waals surface area (Å²) in [6, 6.07) is 9.64. The second-order valence-corrected chi connectivity index (χ2v) is 7.58. The van der Waals surface area contributed by atoms with Gasteiger partial charge in [-0.1, -0.05) is 23.7 Å². The van der Waals surface area contributed by atoms with Gasteiger partial charge in [0.25, 0.3) is 5.95 Å². The first-order chi connectivity index (χ1) is 13.5. The molecule has 2 heterocycles. The average molecular weight is 396 g/mol. The van der Waals surface area contributed by atoms with Crippen molar-refractivity contribution in [2.24, 2.45) is 0 Å². The van der Waals surface area contributed by atoms with E-state index in [1.54, 1.807) is 4.68 Å². The van der Waals surface area contributed by atoms with Gasteiger partial charge in [0.1, 0.15) is 0 Å². The Morgan fingerprint density at radius 1 is 1.14 bits per heavy atom. The van der Waals surface area contributed by atoms with Crippen LogP contribution in [0, 0.1) is 13.8 Å². The van der Waals surface area contributed by atoms with Gasteiger partial charge < -0.3 is 5.32 Å². The average Bonchev–Trinajstić information content (AvgIpc) is 3.01. The van der Waals surface area contributed by atoms with Crippen molar-refractivity contribution in [3.63, 3.8) is 0 Å². The molecular weight excluding hydrogens is 374 g/mol. The number of hydrogen-bond acceptors (Lipinski definition) is 5. The van der Waals surface area contributed by atoms with E-state index in [0.29, 0.717) is 41.7 Å². The van der Waals surface area contributed by atoms with Gasteiger partial charge in [0.15, 0.2) is 11.6 Å². The minimum atomic E-state index is 0.0769. The van der Waals surface area contributed by atoms with Crippen molar-refractivity contribution in [1.29, 1.82) is 0 Å². The number of nitrogens with one attached hydrogen (secondary N) is 1. The first-order valence-corrected chi connectivity index (χ1v) is 9.81. The molecular formula is C21H22ClN5O. The molecule has 1 N–H and O–H groups in total. The van der Waals surface area contributed by atoms with E-state index >= 15 is 0 Å². The Morgan fingerprint density at radius 2 is 1.82 bits per heavy atom. The number of carbonyl (C=O) groups is 1. The Kier molecular flexibility index (Phi) is 4.89. The van der Waals surface area contributed by atoms with Crippen LogP contribution in [0.2, 0.25) is 5.02 Å². The van der Waals surface area contributed by atoms with Crippen LogP contribution >= 0.6 is 11.6 Å². The largest absolute Gasteiger partial charge is 0.368 e. The third-order valence-electron chi connectivity index (χ3n) is 4.98. The summed E-state index contributed by atoms with van der Waals surface area (Å²) in [5.41, 5.74) is 4.36. The van der Waals surface area contributed by atoms with Crippen molar-refractivity contribution < 1.29 is 4.79 Å². The fraction of sp³-hybridized carbons (Fsp3) is 0.333. The second-order valence-electron chi connectivity index (χ2n) is 7.14. The zero-order chi connectivity index (χ0) is 19.8. The van der Waals surface area contributed by atoms with Crippen LogP contribution in [0.1, 0.15) is 52.3 Å². The molecule has 1 aliphatic carbocycles. The standard InChI is InChI=1S/C21H22ClN5O/c1-4-23-20-19-17(27(26-20)21-24-12(2)9-13(3)25-21)10-15(11-18(19)28)14-5-7-16(22)8-6-14/h5-9,15H,4,10-11H2,1-3H3,(H,23,26)/t15-/m0/s1. The van der Waals surface area contributed by atoms with Crippen molar-refractivity contribution in [3.05, 3.63) is 63.6 Å². The zero-order valence-corrected chi connectivity index (χ0v) is 16.9. The maximum Gasteiger partial charge on any atom is 0.251 e. The quantitative estimate of drug-likeness (QED) is 0.713. The number of ketones is 1. The van der Waals surface area contributed by atoms with Crippen molar-refractivity contribution >= 4 is 23.2 Å². The van der Waals surface area contributed by atoms with Crippen LogP contribution < -0.4 is 5.32 Å². The number of aryl methyl sites for hydroxylation is 2. The molecule has 6 nitrogen and oxygen atoms in total. The smallest absolute Gasteiger partial charge is 0.251 e. The van der Waals surface area contributed by atoms with Crippen LogP contribution in [0.3, 0.4) is 0 Å². The topological polar surface area (TPSA) is 72.7 Å². The molecule has 0 saturated carbocycles. The number of aromatic nitrogens is 4. The van der Waals surface area contributed by atoms with Crippen molar-refractivity contribution in [3.8, 4) is 5.95 Å². The van der Waals surface area contributed by atoms with E-state index in [2.05, 4.69) is 20.4 Å². The lowest BCUT2D eigenvalue weighted by molar-refractivity contribution is 0.0964. The lowest BCUT2D eigenvalue weighted by Gasteiger charge is -2.23. The van der Waals surface area contributed by atoms with Gasteiger partial charge in [-0.05, 0) is 56.9 Å². The highest BCUT2D eigenvalue weighted by atomic mass is 35.5. The number of hydrogen-bond donors (Lipinski definition) is 1. The van der Waals surface area contributed by atoms with E-state index in [4.69, 9.17) is 11.6 Å². The van der Waals surface area contributed by atoms with Gasteiger partial charge in [-0.25, -0.2) is 14.6 Å². The second kappa shape index (κ2) is 7.36. The summed E-state index contributed by atoms with van der Waals surface area (Å²) >= 11 is 6.03. The molecule has 0 aliphatic heterocycles. The Bertz CT molecular complexity index is 1020. The van der Waals surface area contributed by atoms with E-state index in [1.807, 2.05) is 51.1 Å². The summed E-state index contributed by atoms with van der Waals surface area (Å²) in [6.45, 7) is 6.54. The molecule has 7 heteroatoms. The number of Topliss-reactive ketones (excluding diaryl/α,β-unsaturated/α-hetero) is 1. The summed E-state index contributed by atoms with van der Waals surface area (Å²) in [6.07, 6.45) is 1.14. The minimum Gasteiger partial charge on any atom is -0.368 e. The lowest BCUT2D eigenvalue weighted by atomic mass is 9.82. The monoisotopic (exact) mass is 395 g/mol. The van der Waals surface area contributed by atoms with E-state index in [9.17, 15) is 4.79 Å². The molecule has 0 unspecified atom stereocenters. The van der Waals surface area contributed by atoms with Crippen LogP contribution in [0.15, 0.2) is 30.3 Å². The Morgan fingerprint density at radius 3 is 2.46 bits per heavy atom. The van der Waals surface area contributed by atoms with Gasteiger partial charge in [-0.3, -0.25) is 4.79 Å². The molecule has 0 fully saturated rings. The molecule has 3 aromatic rings. The van der Waals surface area contributed by atoms with E-state index in [0.717, 1.165) is 22.6 Å². The molecule has 0 saturated heterocycles. The molecule has 1 aliphatic rings. The van der Waals surface area contributed by atoms with Gasteiger partial charge in [-0.15, -0.1) is 5.10 Å². The number of anilines is 1. The number of halogens is 1. The van der Waals surface area contributed by atoms with Crippen molar-refractivity contribution in [2.75, 3.05) is 11.9 Å². The van der Waals surface area contributed by atoms with Gasteiger partial charge in [-0.2, -0.15) is 0 Å². The first-order valence-electron chi connectivity index (χ1n) is 9.43. The van der Waals surface area contributed by atoms with Gasteiger partial charge >= 0.3 is 0 Å². The number of rotatable bonds is 4. The van der Waals surface area contributed by atoms with Crippen LogP contribution in [-0.2, 0) is 6.42 Å². The highest BCUT2D eigenvalue weighted by Crippen LogP contribution is 2.37. The molecule has 4 rings (SSSR count). The van der Waals surface area contributed by atoms with E-state index in [-0.39, 0.29) is 11.7 Å². The Hall–Kier alpha value is -2.73. The van der Waals surface area contributed by atoms with Gasteiger partial charge in [0.2, 0.25) is 0 Å². The number of nitrogens with zero attached hydrogens (tertiary/aromatic N) is 4. The predicted molar refractivity (Wildman–Crippen MR) is 110 cm³/mol. The lowest BCUT2D eigenvalue weighted by Crippen LogP contribution is -2.21. The number of fused-ring (bicyclic) bond motifs is 1. The van der Waals surface area contributed by atoms with Gasteiger partial charge in [0.05, 0.1) is 11.3 Å². The van der Waals surface area contributed by atoms with Gasteiger partial charge in [0, 0.05) is 29.4 Å². The van der Waals surface area contributed by atoms with E-state index in [1.165, 1.54) is 0 Å². The van der Waals surface area contributed by atoms with Crippen LogP contribution in [0.5, 0.6) is 0 Å². The van der Waals surface area contributed by atoms with Crippen LogP contribution in [0.4, 0.5) is 5.82 Å². The fourth-order valence-electron chi connectivity index (χ4n) is 3.80. The Balaban J connectivity index is 1.83. The maximum absolute atomic E-state index is 13.1. The molecule has 1 aromatic carbocycles. The zero-order valence-electron chi connectivity index (χ0n) is 16.2. The van der Waals surface area contributed by atoms with Crippen molar-refractivity contribution in [2.45, 2.75) is 39.5 Å². The molecule has 0 amide bonds. The molecule has 2 aromatic heterocycles. The number of carbonyl (C=O) groups excluding carboxylic acids is 1. The molecule has 0 spiro atoms. The normalized spacial score (nSPS) is 16.1. The predicted octanol–water partition coefficient (Wildman–Crippen LogP) is 4.28. The Labute approximate surface area is 169 Å². The fourth-order valence-corrected chi connectivity index (χ4v) is 3.92. The van der Waals surface area contributed by atoms with Crippen LogP contribution in [0.25, 0.3) is 5.95 Å². The molecule has 0 radical (unpaired) electrons. The third-order valence-corrected chi connectivity index (χ3v) is 5.23. The molecule has 144 valence electrons. The van der Waals surface area contributed by atoms with Crippen LogP contribution in [-0.4, -0.2) is 32.1 Å². The summed E-state index contributed by atoms with van der Waals surface area (Å²) in [4.78, 5) is 22.2. The molecule has 28 heavy (non-hydrogen) atoms. The number of benzene rings is 1. The van der Waals surface area contributed by atoms with E-state index < -0.39 is 0 Å². The highest BCUT2D eigenvalue weighted by Gasteiger charge is 2.34. The molecule has 1 atom stereocenters. The summed E-state index contributed by atoms with van der Waals surface area (Å²) in [5, 5.41) is 8.58. The molecule has 0 bridgehead atoms. The third kappa shape index (κ3) is 3.40. The maximum atomic E-state index is 13.1. The summed E-state index contributed by atoms with van der Waals surface area (Å²) < 4.78 is 1.73. The van der Waals surface area contributed by atoms with Crippen molar-refractivity contribution in [1.82, 2.24) is 19.7 Å².